The largest absolute Gasteiger partial charge is 0.475 e. The van der Waals surface area contributed by atoms with Crippen LogP contribution in [0.3, 0.4) is 0 Å². The predicted molar refractivity (Wildman–Crippen MR) is 77.9 cm³/mol. The first-order valence-corrected chi connectivity index (χ1v) is 7.86. The van der Waals surface area contributed by atoms with Gasteiger partial charge in [0.05, 0.1) is 5.60 Å². The Morgan fingerprint density at radius 3 is 2.59 bits per heavy atom. The molecule has 1 aromatic heterocycles. The summed E-state index contributed by atoms with van der Waals surface area (Å²) in [5.41, 5.74) is -0.0795. The van der Waals surface area contributed by atoms with Crippen molar-refractivity contribution in [1.29, 1.82) is 0 Å². The Morgan fingerprint density at radius 1 is 1.18 bits per heavy atom. The van der Waals surface area contributed by atoms with E-state index in [1.807, 2.05) is 0 Å². The normalized spacial score (nSPS) is 24.1. The van der Waals surface area contributed by atoms with Crippen molar-refractivity contribution in [3.05, 3.63) is 23.7 Å². The van der Waals surface area contributed by atoms with Crippen LogP contribution >= 0.6 is 0 Å². The van der Waals surface area contributed by atoms with Crippen LogP contribution in [0.4, 0.5) is 0 Å². The van der Waals surface area contributed by atoms with Crippen molar-refractivity contribution < 1.29 is 23.8 Å². The highest BCUT2D eigenvalue weighted by Crippen LogP contribution is 2.38. The van der Waals surface area contributed by atoms with Gasteiger partial charge in [0.1, 0.15) is 0 Å². The van der Waals surface area contributed by atoms with E-state index in [9.17, 15) is 9.59 Å². The van der Waals surface area contributed by atoms with Crippen LogP contribution in [0.2, 0.25) is 0 Å². The second-order valence-electron chi connectivity index (χ2n) is 6.22. The molecule has 120 valence electrons. The molecular weight excluding hydrogens is 286 g/mol. The first-order valence-electron chi connectivity index (χ1n) is 7.86. The molecule has 6 heteroatoms. The van der Waals surface area contributed by atoms with Gasteiger partial charge in [0.2, 0.25) is 5.76 Å². The third kappa shape index (κ3) is 3.16. The topological polar surface area (TPSA) is 88.8 Å². The fourth-order valence-electron chi connectivity index (χ4n) is 3.53. The van der Waals surface area contributed by atoms with Crippen LogP contribution in [0.1, 0.15) is 66.1 Å². The van der Waals surface area contributed by atoms with E-state index in [0.29, 0.717) is 6.61 Å². The molecule has 2 N–H and O–H groups in total. The molecular formula is C16H21NO5. The maximum absolute atomic E-state index is 12.2. The minimum absolute atomic E-state index is 0.0431. The van der Waals surface area contributed by atoms with Crippen LogP contribution in [0.5, 0.6) is 0 Å². The number of carboxylic acid groups (broad SMARTS) is 1. The minimum atomic E-state index is -1.17. The van der Waals surface area contributed by atoms with E-state index in [2.05, 4.69) is 5.32 Å². The zero-order valence-corrected chi connectivity index (χ0v) is 12.5. The van der Waals surface area contributed by atoms with Crippen LogP contribution in [0.25, 0.3) is 0 Å². The monoisotopic (exact) mass is 307 g/mol. The number of hydrogen-bond acceptors (Lipinski definition) is 4. The lowest BCUT2D eigenvalue weighted by Crippen LogP contribution is -2.49. The summed E-state index contributed by atoms with van der Waals surface area (Å²) in [6, 6.07) is 2.75. The van der Waals surface area contributed by atoms with Crippen molar-refractivity contribution in [1.82, 2.24) is 5.32 Å². The Hall–Kier alpha value is -1.82. The standard InChI is InChI=1S/C16H21NO5/c18-14(12-4-5-13(22-12)15(19)20)17-11-6-9-21-16(10-11)7-2-1-3-8-16/h4-5,11H,1-3,6-10H2,(H,17,18)(H,19,20). The summed E-state index contributed by atoms with van der Waals surface area (Å²) in [6.07, 6.45) is 7.34. The lowest BCUT2D eigenvalue weighted by molar-refractivity contribution is -0.108. The molecule has 1 saturated heterocycles. The molecule has 1 saturated carbocycles. The van der Waals surface area contributed by atoms with Crippen LogP contribution in [0, 0.1) is 0 Å². The molecule has 1 aromatic rings. The van der Waals surface area contributed by atoms with Gasteiger partial charge in [0.15, 0.2) is 5.76 Å². The van der Waals surface area contributed by atoms with E-state index in [1.165, 1.54) is 31.4 Å². The Morgan fingerprint density at radius 2 is 1.91 bits per heavy atom. The van der Waals surface area contributed by atoms with E-state index >= 15 is 0 Å². The number of furan rings is 1. The van der Waals surface area contributed by atoms with Crippen LogP contribution < -0.4 is 5.32 Å². The lowest BCUT2D eigenvalue weighted by atomic mass is 9.78. The summed E-state index contributed by atoms with van der Waals surface area (Å²) in [5, 5.41) is 11.8. The van der Waals surface area contributed by atoms with Gasteiger partial charge in [-0.3, -0.25) is 4.79 Å². The van der Waals surface area contributed by atoms with Crippen LogP contribution in [-0.4, -0.2) is 35.2 Å². The number of carbonyl (C=O) groups excluding carboxylic acids is 1. The fraction of sp³-hybridized carbons (Fsp3) is 0.625. The summed E-state index contributed by atoms with van der Waals surface area (Å²) in [6.45, 7) is 0.656. The van der Waals surface area contributed by atoms with E-state index in [-0.39, 0.29) is 29.1 Å². The SMILES string of the molecule is O=C(O)c1ccc(C(=O)NC2CCOC3(CCCCC3)C2)o1. The van der Waals surface area contributed by atoms with Crippen molar-refractivity contribution >= 4 is 11.9 Å². The first-order chi connectivity index (χ1) is 10.6. The zero-order valence-electron chi connectivity index (χ0n) is 12.5. The minimum Gasteiger partial charge on any atom is -0.475 e. The van der Waals surface area contributed by atoms with E-state index < -0.39 is 5.97 Å². The van der Waals surface area contributed by atoms with Crippen molar-refractivity contribution in [2.75, 3.05) is 6.61 Å². The van der Waals surface area contributed by atoms with Crippen molar-refractivity contribution in [3.8, 4) is 0 Å². The van der Waals surface area contributed by atoms with Gasteiger partial charge in [-0.2, -0.15) is 0 Å². The number of aromatic carboxylic acids is 1. The highest BCUT2D eigenvalue weighted by atomic mass is 16.5. The van der Waals surface area contributed by atoms with Gasteiger partial charge < -0.3 is 19.6 Å². The van der Waals surface area contributed by atoms with Gasteiger partial charge in [-0.05, 0) is 37.8 Å². The Kier molecular flexibility index (Phi) is 4.20. The molecule has 1 amide bonds. The molecule has 1 aliphatic heterocycles. The molecule has 1 atom stereocenters. The highest BCUT2D eigenvalue weighted by Gasteiger charge is 2.39. The Bertz CT molecular complexity index is 553. The van der Waals surface area contributed by atoms with Crippen LogP contribution in [0.15, 0.2) is 16.5 Å². The quantitative estimate of drug-likeness (QED) is 0.896. The number of nitrogens with one attached hydrogen (secondary N) is 1. The van der Waals surface area contributed by atoms with Gasteiger partial charge in [-0.25, -0.2) is 4.79 Å². The highest BCUT2D eigenvalue weighted by molar-refractivity contribution is 5.93. The van der Waals surface area contributed by atoms with Crippen molar-refractivity contribution in [2.24, 2.45) is 0 Å². The van der Waals surface area contributed by atoms with E-state index in [1.54, 1.807) is 0 Å². The molecule has 0 radical (unpaired) electrons. The third-order valence-electron chi connectivity index (χ3n) is 4.63. The maximum Gasteiger partial charge on any atom is 0.371 e. The molecule has 1 unspecified atom stereocenters. The molecule has 6 nitrogen and oxygen atoms in total. The van der Waals surface area contributed by atoms with Gasteiger partial charge in [-0.15, -0.1) is 0 Å². The molecule has 2 heterocycles. The number of hydrogen-bond donors (Lipinski definition) is 2. The van der Waals surface area contributed by atoms with Crippen molar-refractivity contribution in [3.63, 3.8) is 0 Å². The summed E-state index contributed by atoms with van der Waals surface area (Å²) in [7, 11) is 0. The van der Waals surface area contributed by atoms with Gasteiger partial charge >= 0.3 is 5.97 Å². The number of carbonyl (C=O) groups is 2. The third-order valence-corrected chi connectivity index (χ3v) is 4.63. The number of rotatable bonds is 3. The summed E-state index contributed by atoms with van der Waals surface area (Å²) in [5.74, 6) is -1.71. The zero-order chi connectivity index (χ0) is 15.6. The fourth-order valence-corrected chi connectivity index (χ4v) is 3.53. The first kappa shape index (κ1) is 15.1. The lowest BCUT2D eigenvalue weighted by Gasteiger charge is -2.43. The molecule has 1 spiro atoms. The molecule has 0 aromatic carbocycles. The second-order valence-corrected chi connectivity index (χ2v) is 6.22. The molecule has 22 heavy (non-hydrogen) atoms. The Balaban J connectivity index is 1.61. The summed E-state index contributed by atoms with van der Waals surface area (Å²) in [4.78, 5) is 23.0. The summed E-state index contributed by atoms with van der Waals surface area (Å²) >= 11 is 0. The smallest absolute Gasteiger partial charge is 0.371 e. The average Bonchev–Trinajstić information content (AvgIpc) is 2.98. The van der Waals surface area contributed by atoms with E-state index in [4.69, 9.17) is 14.3 Å². The number of carboxylic acids is 1. The molecule has 3 rings (SSSR count). The van der Waals surface area contributed by atoms with Gasteiger partial charge in [0, 0.05) is 12.6 Å². The predicted octanol–water partition coefficient (Wildman–Crippen LogP) is 2.59. The van der Waals surface area contributed by atoms with Gasteiger partial charge in [-0.1, -0.05) is 19.3 Å². The molecule has 2 fully saturated rings. The summed E-state index contributed by atoms with van der Waals surface area (Å²) < 4.78 is 11.0. The van der Waals surface area contributed by atoms with Crippen LogP contribution in [-0.2, 0) is 4.74 Å². The number of ether oxygens (including phenoxy) is 1. The maximum atomic E-state index is 12.2. The van der Waals surface area contributed by atoms with Gasteiger partial charge in [0.25, 0.3) is 5.91 Å². The van der Waals surface area contributed by atoms with E-state index in [0.717, 1.165) is 25.7 Å². The Labute approximate surface area is 128 Å². The second kappa shape index (κ2) is 6.12. The molecule has 1 aliphatic carbocycles. The van der Waals surface area contributed by atoms with Crippen molar-refractivity contribution in [2.45, 2.75) is 56.6 Å². The number of amides is 1. The average molecular weight is 307 g/mol. The molecule has 2 aliphatic rings. The molecule has 0 bridgehead atoms.